The fourth-order valence-corrected chi connectivity index (χ4v) is 2.16. The lowest BCUT2D eigenvalue weighted by Crippen LogP contribution is -1.96. The predicted octanol–water partition coefficient (Wildman–Crippen LogP) is 3.23. The first-order chi connectivity index (χ1) is 8.88. The zero-order chi connectivity index (χ0) is 12.4. The molecule has 3 heterocycles. The molecule has 0 fully saturated rings. The van der Waals surface area contributed by atoms with Gasteiger partial charge >= 0.3 is 0 Å². The van der Waals surface area contributed by atoms with Crippen molar-refractivity contribution in [2.24, 2.45) is 0 Å². The molecule has 0 saturated heterocycles. The third-order valence-electron chi connectivity index (χ3n) is 3.15. The smallest absolute Gasteiger partial charge is 0.137 e. The van der Waals surface area contributed by atoms with Gasteiger partial charge in [0.05, 0.1) is 6.20 Å². The molecule has 0 atom stereocenters. The summed E-state index contributed by atoms with van der Waals surface area (Å²) in [5.74, 6) is 0. The van der Waals surface area contributed by atoms with Crippen LogP contribution in [0.15, 0.2) is 36.9 Å². The quantitative estimate of drug-likeness (QED) is 0.761. The Balaban J connectivity index is 1.98. The van der Waals surface area contributed by atoms with Gasteiger partial charge in [-0.3, -0.25) is 4.68 Å². The van der Waals surface area contributed by atoms with Crippen LogP contribution in [0, 0.1) is 0 Å². The summed E-state index contributed by atoms with van der Waals surface area (Å²) in [6.07, 6.45) is 10.1. The van der Waals surface area contributed by atoms with E-state index in [-0.39, 0.29) is 0 Å². The average molecular weight is 240 g/mol. The van der Waals surface area contributed by atoms with Crippen molar-refractivity contribution in [3.05, 3.63) is 36.9 Å². The third-order valence-corrected chi connectivity index (χ3v) is 3.15. The number of fused-ring (bicyclic) bond motifs is 1. The SMILES string of the molecule is CCCCn1cc(-c2ccnc3[nH]ccc23)cn1. The zero-order valence-electron chi connectivity index (χ0n) is 10.4. The summed E-state index contributed by atoms with van der Waals surface area (Å²) in [6.45, 7) is 3.18. The van der Waals surface area contributed by atoms with E-state index in [1.54, 1.807) is 0 Å². The molecule has 0 saturated carbocycles. The number of nitrogens with zero attached hydrogens (tertiary/aromatic N) is 3. The molecule has 4 nitrogen and oxygen atoms in total. The van der Waals surface area contributed by atoms with Crippen LogP contribution in [-0.4, -0.2) is 19.7 Å². The Morgan fingerprint density at radius 1 is 1.33 bits per heavy atom. The number of aromatic amines is 1. The van der Waals surface area contributed by atoms with Crippen molar-refractivity contribution < 1.29 is 0 Å². The van der Waals surface area contributed by atoms with Crippen LogP contribution in [0.25, 0.3) is 22.2 Å². The summed E-state index contributed by atoms with van der Waals surface area (Å²) in [6, 6.07) is 4.10. The third kappa shape index (κ3) is 1.90. The van der Waals surface area contributed by atoms with Gasteiger partial charge in [-0.25, -0.2) is 4.98 Å². The normalized spacial score (nSPS) is 11.2. The van der Waals surface area contributed by atoms with E-state index >= 15 is 0 Å². The highest BCUT2D eigenvalue weighted by atomic mass is 15.3. The van der Waals surface area contributed by atoms with E-state index in [4.69, 9.17) is 0 Å². The summed E-state index contributed by atoms with van der Waals surface area (Å²) >= 11 is 0. The summed E-state index contributed by atoms with van der Waals surface area (Å²) in [4.78, 5) is 7.43. The summed E-state index contributed by atoms with van der Waals surface area (Å²) < 4.78 is 2.01. The first-order valence-corrected chi connectivity index (χ1v) is 6.33. The monoisotopic (exact) mass is 240 g/mol. The van der Waals surface area contributed by atoms with Gasteiger partial charge in [0, 0.05) is 36.1 Å². The van der Waals surface area contributed by atoms with E-state index in [2.05, 4.69) is 34.3 Å². The fourth-order valence-electron chi connectivity index (χ4n) is 2.16. The maximum absolute atomic E-state index is 4.41. The van der Waals surface area contributed by atoms with Gasteiger partial charge in [-0.1, -0.05) is 13.3 Å². The number of aromatic nitrogens is 4. The number of nitrogens with one attached hydrogen (secondary N) is 1. The topological polar surface area (TPSA) is 46.5 Å². The van der Waals surface area contributed by atoms with Crippen molar-refractivity contribution in [1.29, 1.82) is 0 Å². The largest absolute Gasteiger partial charge is 0.346 e. The van der Waals surface area contributed by atoms with Crippen LogP contribution >= 0.6 is 0 Å². The fraction of sp³-hybridized carbons (Fsp3) is 0.286. The van der Waals surface area contributed by atoms with E-state index in [0.29, 0.717) is 0 Å². The number of unbranched alkanes of at least 4 members (excludes halogenated alkanes) is 1. The van der Waals surface area contributed by atoms with Gasteiger partial charge in [0.15, 0.2) is 0 Å². The maximum atomic E-state index is 4.41. The van der Waals surface area contributed by atoms with Crippen molar-refractivity contribution in [3.8, 4) is 11.1 Å². The number of hydrogen-bond donors (Lipinski definition) is 1. The highest BCUT2D eigenvalue weighted by Gasteiger charge is 2.07. The maximum Gasteiger partial charge on any atom is 0.137 e. The number of H-pyrrole nitrogens is 1. The second-order valence-electron chi connectivity index (χ2n) is 4.44. The minimum absolute atomic E-state index is 0.925. The molecule has 0 bridgehead atoms. The molecular weight excluding hydrogens is 224 g/mol. The van der Waals surface area contributed by atoms with Crippen LogP contribution in [0.2, 0.25) is 0 Å². The minimum atomic E-state index is 0.925. The van der Waals surface area contributed by atoms with Crippen molar-refractivity contribution in [3.63, 3.8) is 0 Å². The van der Waals surface area contributed by atoms with Crippen LogP contribution in [0.1, 0.15) is 19.8 Å². The summed E-state index contributed by atoms with van der Waals surface area (Å²) in [5, 5.41) is 5.55. The van der Waals surface area contributed by atoms with E-state index < -0.39 is 0 Å². The van der Waals surface area contributed by atoms with Crippen LogP contribution in [0.5, 0.6) is 0 Å². The van der Waals surface area contributed by atoms with E-state index in [1.807, 2.05) is 29.3 Å². The van der Waals surface area contributed by atoms with Crippen LogP contribution in [0.4, 0.5) is 0 Å². The number of aryl methyl sites for hydroxylation is 1. The van der Waals surface area contributed by atoms with Gasteiger partial charge in [0.25, 0.3) is 0 Å². The van der Waals surface area contributed by atoms with E-state index in [1.165, 1.54) is 12.0 Å². The van der Waals surface area contributed by atoms with E-state index in [0.717, 1.165) is 29.6 Å². The van der Waals surface area contributed by atoms with Gasteiger partial charge in [-0.05, 0) is 24.1 Å². The molecule has 1 N–H and O–H groups in total. The molecule has 0 aliphatic heterocycles. The Bertz CT molecular complexity index is 650. The molecule has 18 heavy (non-hydrogen) atoms. The Hall–Kier alpha value is -2.10. The molecule has 0 aromatic carbocycles. The second-order valence-corrected chi connectivity index (χ2v) is 4.44. The lowest BCUT2D eigenvalue weighted by atomic mass is 10.1. The highest BCUT2D eigenvalue weighted by Crippen LogP contribution is 2.26. The first-order valence-electron chi connectivity index (χ1n) is 6.33. The Labute approximate surface area is 106 Å². The number of pyridine rings is 1. The van der Waals surface area contributed by atoms with Crippen LogP contribution < -0.4 is 0 Å². The first kappa shape index (κ1) is 11.0. The molecule has 3 aromatic rings. The molecule has 0 spiro atoms. The Kier molecular flexibility index (Phi) is 2.84. The van der Waals surface area contributed by atoms with Crippen molar-refractivity contribution in [2.75, 3.05) is 0 Å². The predicted molar refractivity (Wildman–Crippen MR) is 72.2 cm³/mol. The van der Waals surface area contributed by atoms with Gasteiger partial charge in [0.2, 0.25) is 0 Å². The average Bonchev–Trinajstić information content (AvgIpc) is 3.04. The van der Waals surface area contributed by atoms with Crippen LogP contribution in [0.3, 0.4) is 0 Å². The van der Waals surface area contributed by atoms with Crippen molar-refractivity contribution in [2.45, 2.75) is 26.3 Å². The molecule has 0 unspecified atom stereocenters. The minimum Gasteiger partial charge on any atom is -0.346 e. The van der Waals surface area contributed by atoms with Gasteiger partial charge in [-0.2, -0.15) is 5.10 Å². The molecule has 3 rings (SSSR count). The second kappa shape index (κ2) is 4.64. The van der Waals surface area contributed by atoms with E-state index in [9.17, 15) is 0 Å². The van der Waals surface area contributed by atoms with Gasteiger partial charge < -0.3 is 4.98 Å². The molecule has 0 aliphatic rings. The van der Waals surface area contributed by atoms with Crippen molar-refractivity contribution in [1.82, 2.24) is 19.7 Å². The molecular formula is C14H16N4. The molecule has 0 amide bonds. The Morgan fingerprint density at radius 2 is 2.28 bits per heavy atom. The molecule has 0 radical (unpaired) electrons. The Morgan fingerprint density at radius 3 is 3.17 bits per heavy atom. The number of rotatable bonds is 4. The molecule has 0 aliphatic carbocycles. The van der Waals surface area contributed by atoms with Crippen LogP contribution in [-0.2, 0) is 6.54 Å². The molecule has 4 heteroatoms. The molecule has 3 aromatic heterocycles. The number of hydrogen-bond acceptors (Lipinski definition) is 2. The summed E-state index contributed by atoms with van der Waals surface area (Å²) in [5.41, 5.74) is 3.26. The highest BCUT2D eigenvalue weighted by molar-refractivity contribution is 5.92. The standard InChI is InChI=1S/C14H16N4/c1-2-3-8-18-10-11(9-17-18)12-4-6-15-14-13(12)5-7-16-14/h4-7,9-10H,2-3,8H2,1H3,(H,15,16). The van der Waals surface area contributed by atoms with Gasteiger partial charge in [-0.15, -0.1) is 0 Å². The van der Waals surface area contributed by atoms with Crippen molar-refractivity contribution >= 4 is 11.0 Å². The summed E-state index contributed by atoms with van der Waals surface area (Å²) in [7, 11) is 0. The lowest BCUT2D eigenvalue weighted by Gasteiger charge is -2.00. The lowest BCUT2D eigenvalue weighted by molar-refractivity contribution is 0.572. The zero-order valence-corrected chi connectivity index (χ0v) is 10.4. The molecule has 92 valence electrons. The van der Waals surface area contributed by atoms with Gasteiger partial charge in [0.1, 0.15) is 5.65 Å².